The molecule has 4 nitrogen and oxygen atoms in total. The molecule has 1 aliphatic carbocycles. The van der Waals surface area contributed by atoms with Gasteiger partial charge in [0.25, 0.3) is 0 Å². The summed E-state index contributed by atoms with van der Waals surface area (Å²) in [6.45, 7) is 1.94. The number of rotatable bonds is 6. The Balaban J connectivity index is 1.72. The number of halogens is 2. The maximum absolute atomic E-state index is 13.6. The van der Waals surface area contributed by atoms with Crippen LogP contribution >= 0.6 is 0 Å². The highest BCUT2D eigenvalue weighted by Gasteiger charge is 2.34. The number of aryl methyl sites for hydroxylation is 1. The summed E-state index contributed by atoms with van der Waals surface area (Å²) < 4.78 is 35.3. The maximum atomic E-state index is 13.6. The van der Waals surface area contributed by atoms with Crippen LogP contribution in [0.1, 0.15) is 36.3 Å². The molecule has 0 amide bonds. The summed E-state index contributed by atoms with van der Waals surface area (Å²) in [6, 6.07) is 15.6. The Morgan fingerprint density at radius 1 is 1.19 bits per heavy atom. The van der Waals surface area contributed by atoms with E-state index in [1.165, 1.54) is 12.1 Å². The van der Waals surface area contributed by atoms with E-state index in [9.17, 15) is 14.0 Å². The summed E-state index contributed by atoms with van der Waals surface area (Å²) in [5.74, 6) is -1.29. The Morgan fingerprint density at radius 3 is 2.53 bits per heavy atom. The third-order valence-electron chi connectivity index (χ3n) is 5.75. The quantitative estimate of drug-likeness (QED) is 0.488. The van der Waals surface area contributed by atoms with Crippen LogP contribution in [0.2, 0.25) is 0 Å². The van der Waals surface area contributed by atoms with Gasteiger partial charge in [-0.1, -0.05) is 42.5 Å². The predicted octanol–water partition coefficient (Wildman–Crippen LogP) is 5.90. The smallest absolute Gasteiger partial charge is 0.126 e. The largest absolute Gasteiger partial charge is 0.363 e. The van der Waals surface area contributed by atoms with E-state index in [1.54, 1.807) is 12.5 Å². The van der Waals surface area contributed by atoms with Crippen molar-refractivity contribution < 1.29 is 13.5 Å². The highest BCUT2D eigenvalue weighted by Crippen LogP contribution is 2.44. The van der Waals surface area contributed by atoms with Crippen LogP contribution in [0.5, 0.6) is 0 Å². The lowest BCUT2D eigenvalue weighted by atomic mass is 9.72. The van der Waals surface area contributed by atoms with Gasteiger partial charge in [-0.15, -0.1) is 0 Å². The van der Waals surface area contributed by atoms with Crippen LogP contribution in [-0.2, 0) is 18.4 Å². The van der Waals surface area contributed by atoms with Gasteiger partial charge in [0.05, 0.1) is 36.3 Å². The molecule has 1 aliphatic rings. The molecule has 0 saturated carbocycles. The number of allylic oxidation sites excluding steroid dienone is 2. The average molecular weight is 431 g/mol. The number of nitriles is 1. The summed E-state index contributed by atoms with van der Waals surface area (Å²) >= 11 is 0. The average Bonchev–Trinajstić information content (AvgIpc) is 3.20. The molecule has 0 spiro atoms. The van der Waals surface area contributed by atoms with Crippen LogP contribution in [0.25, 0.3) is 5.57 Å². The lowest BCUT2D eigenvalue weighted by Crippen LogP contribution is -2.21. The summed E-state index contributed by atoms with van der Waals surface area (Å²) in [5, 5.41) is 9.90. The Morgan fingerprint density at radius 2 is 1.91 bits per heavy atom. The Bertz CT molecular complexity index is 1200. The topological polar surface area (TPSA) is 50.8 Å². The molecule has 1 heterocycles. The van der Waals surface area contributed by atoms with E-state index in [0.717, 1.165) is 28.5 Å². The van der Waals surface area contributed by atoms with Gasteiger partial charge in [0.1, 0.15) is 17.7 Å². The maximum Gasteiger partial charge on any atom is 0.126 e. The molecule has 0 aliphatic heterocycles. The first-order chi connectivity index (χ1) is 15.4. The van der Waals surface area contributed by atoms with Crippen molar-refractivity contribution in [2.75, 3.05) is 0 Å². The number of imidazole rings is 1. The zero-order valence-corrected chi connectivity index (χ0v) is 17.9. The van der Waals surface area contributed by atoms with Crippen LogP contribution in [0.15, 0.2) is 78.8 Å². The molecule has 0 bridgehead atoms. The molecule has 2 atom stereocenters. The number of aromatic nitrogens is 2. The third-order valence-corrected chi connectivity index (χ3v) is 5.75. The molecular weight excluding hydrogens is 408 g/mol. The van der Waals surface area contributed by atoms with Gasteiger partial charge >= 0.3 is 0 Å². The zero-order chi connectivity index (χ0) is 22.7. The van der Waals surface area contributed by atoms with Crippen molar-refractivity contribution >= 4 is 5.57 Å². The monoisotopic (exact) mass is 431 g/mol. The highest BCUT2D eigenvalue weighted by molar-refractivity contribution is 5.76. The molecule has 3 aromatic rings. The van der Waals surface area contributed by atoms with Crippen LogP contribution in [-0.4, -0.2) is 9.55 Å². The van der Waals surface area contributed by atoms with Gasteiger partial charge in [-0.2, -0.15) is 5.26 Å². The van der Waals surface area contributed by atoms with Gasteiger partial charge in [-0.05, 0) is 47.8 Å². The van der Waals surface area contributed by atoms with E-state index in [2.05, 4.69) is 11.1 Å². The van der Waals surface area contributed by atoms with Gasteiger partial charge in [0.2, 0.25) is 0 Å². The normalized spacial score (nSPS) is 19.1. The Labute approximate surface area is 186 Å². The highest BCUT2D eigenvalue weighted by atomic mass is 19.1. The van der Waals surface area contributed by atoms with Crippen molar-refractivity contribution in [3.05, 3.63) is 107 Å². The summed E-state index contributed by atoms with van der Waals surface area (Å²) in [4.78, 5) is 4.21. The molecule has 6 heteroatoms. The van der Waals surface area contributed by atoms with Crippen LogP contribution in [0, 0.1) is 28.4 Å². The minimum absolute atomic E-state index is 0.0197. The van der Waals surface area contributed by atoms with Gasteiger partial charge in [-0.25, -0.2) is 13.8 Å². The second-order valence-electron chi connectivity index (χ2n) is 8.17. The van der Waals surface area contributed by atoms with Crippen molar-refractivity contribution in [3.8, 4) is 6.07 Å². The minimum Gasteiger partial charge on any atom is -0.363 e. The van der Waals surface area contributed by atoms with E-state index < -0.39 is 23.2 Å². The first-order valence-corrected chi connectivity index (χ1v) is 10.3. The van der Waals surface area contributed by atoms with Gasteiger partial charge in [0, 0.05) is 13.1 Å². The predicted molar refractivity (Wildman–Crippen MR) is 118 cm³/mol. The van der Waals surface area contributed by atoms with Crippen LogP contribution in [0.3, 0.4) is 0 Å². The van der Waals surface area contributed by atoms with Crippen molar-refractivity contribution in [1.29, 1.82) is 5.26 Å². The molecule has 0 saturated heterocycles. The number of benzene rings is 2. The number of hydrogen-bond acceptors (Lipinski definition) is 3. The second kappa shape index (κ2) is 8.89. The summed E-state index contributed by atoms with van der Waals surface area (Å²) in [6.07, 6.45) is 7.39. The molecule has 32 heavy (non-hydrogen) atoms. The van der Waals surface area contributed by atoms with E-state index >= 15 is 0 Å². The van der Waals surface area contributed by atoms with Crippen molar-refractivity contribution in [1.82, 2.24) is 9.55 Å². The molecule has 162 valence electrons. The first-order valence-electron chi connectivity index (χ1n) is 10.3. The van der Waals surface area contributed by atoms with Gasteiger partial charge in [0.15, 0.2) is 0 Å². The fourth-order valence-corrected chi connectivity index (χ4v) is 3.97. The lowest BCUT2D eigenvalue weighted by Gasteiger charge is -2.31. The van der Waals surface area contributed by atoms with Crippen molar-refractivity contribution in [3.63, 3.8) is 0 Å². The van der Waals surface area contributed by atoms with E-state index in [4.69, 9.17) is 4.74 Å². The zero-order valence-electron chi connectivity index (χ0n) is 17.9. The number of hydrogen-bond donors (Lipinski definition) is 0. The molecule has 0 fully saturated rings. The second-order valence-corrected chi connectivity index (χ2v) is 8.17. The van der Waals surface area contributed by atoms with E-state index in [-0.39, 0.29) is 6.61 Å². The van der Waals surface area contributed by atoms with Crippen molar-refractivity contribution in [2.24, 2.45) is 12.5 Å². The molecule has 2 unspecified atom stereocenters. The molecule has 0 N–H and O–H groups in total. The van der Waals surface area contributed by atoms with Crippen LogP contribution in [0.4, 0.5) is 8.78 Å². The van der Waals surface area contributed by atoms with Gasteiger partial charge < -0.3 is 9.30 Å². The third kappa shape index (κ3) is 4.39. The number of ether oxygens (including phenoxy) is 1. The fraction of sp³-hybridized carbons (Fsp3) is 0.231. The summed E-state index contributed by atoms with van der Waals surface area (Å²) in [7, 11) is 1.87. The minimum atomic E-state index is -0.673. The van der Waals surface area contributed by atoms with Crippen LogP contribution < -0.4 is 0 Å². The van der Waals surface area contributed by atoms with E-state index in [0.29, 0.717) is 12.0 Å². The Hall–Kier alpha value is -3.56. The molecule has 4 rings (SSSR count). The molecule has 1 aromatic heterocycles. The lowest BCUT2D eigenvalue weighted by molar-refractivity contribution is 0.0609. The Kier molecular flexibility index (Phi) is 6.02. The number of nitrogens with zero attached hydrogens (tertiary/aromatic N) is 3. The first kappa shape index (κ1) is 21.7. The van der Waals surface area contributed by atoms with Gasteiger partial charge in [-0.3, -0.25) is 0 Å². The summed E-state index contributed by atoms with van der Waals surface area (Å²) in [5.41, 5.74) is 3.28. The standard InChI is InChI=1S/C26H23F2N3O/c1-26(16-29)9-8-20(12-23(26)19-6-4-3-5-7-19)25(24-14-30-17-31(24)2)32-15-18-10-21(27)13-22(28)11-18/h3-8,10-14,17,25H,9,15H2,1-2H3. The molecule has 2 aromatic carbocycles. The molecule has 0 radical (unpaired) electrons. The fourth-order valence-electron chi connectivity index (χ4n) is 3.97. The van der Waals surface area contributed by atoms with E-state index in [1.807, 2.05) is 61.0 Å². The molecular formula is C26H23F2N3O. The SMILES string of the molecule is Cn1cncc1C(OCc1cc(F)cc(F)c1)C1=CCC(C)(C#N)C(c2ccccc2)=C1. The van der Waals surface area contributed by atoms with Crippen molar-refractivity contribution in [2.45, 2.75) is 26.1 Å².